The molecule has 2 heterocycles. The minimum Gasteiger partial charge on any atom is -0.376 e. The number of nitrogens with zero attached hydrogens (tertiary/aromatic N) is 4. The van der Waals surface area contributed by atoms with E-state index in [1.165, 1.54) is 23.5 Å². The summed E-state index contributed by atoms with van der Waals surface area (Å²) in [6.45, 7) is 1.41. The molecule has 0 amide bonds. The van der Waals surface area contributed by atoms with Gasteiger partial charge in [-0.3, -0.25) is 20.2 Å². The number of nitrogens with one attached hydrogen (secondary N) is 1. The number of anilines is 1. The average molecular weight is 383 g/mol. The molecule has 1 fully saturated rings. The fourth-order valence-corrected chi connectivity index (χ4v) is 4.07. The Labute approximate surface area is 149 Å². The number of nitro benzene ring substituents is 2. The number of hydrogen-bond acceptors (Lipinski definition) is 10. The van der Waals surface area contributed by atoms with Crippen LogP contribution in [0.15, 0.2) is 27.4 Å². The summed E-state index contributed by atoms with van der Waals surface area (Å²) < 4.78 is 6.01. The van der Waals surface area contributed by atoms with Crippen molar-refractivity contribution in [1.82, 2.24) is 10.2 Å². The molecular weight excluding hydrogens is 370 g/mol. The summed E-state index contributed by atoms with van der Waals surface area (Å²) >= 11 is 2.31. The lowest BCUT2D eigenvalue weighted by atomic mass is 10.2. The first-order valence-electron chi connectivity index (χ1n) is 7.32. The molecule has 1 aromatic heterocycles. The van der Waals surface area contributed by atoms with E-state index in [9.17, 15) is 20.2 Å². The number of aromatic nitrogens is 2. The van der Waals surface area contributed by atoms with Gasteiger partial charge in [0.25, 0.3) is 11.4 Å². The Hall–Kier alpha value is -2.31. The molecule has 0 saturated carbocycles. The van der Waals surface area contributed by atoms with E-state index in [-0.39, 0.29) is 22.4 Å². The maximum Gasteiger partial charge on any atom is 0.290 e. The summed E-state index contributed by atoms with van der Waals surface area (Å²) in [5, 5.41) is 33.6. The number of hydrogen-bond donors (Lipinski definition) is 1. The molecule has 1 N–H and O–H groups in total. The number of nitro groups is 2. The van der Waals surface area contributed by atoms with Crippen molar-refractivity contribution in [3.8, 4) is 0 Å². The molecule has 0 unspecified atom stereocenters. The predicted molar refractivity (Wildman–Crippen MR) is 91.2 cm³/mol. The first-order valence-corrected chi connectivity index (χ1v) is 8.96. The Kier molecular flexibility index (Phi) is 5.40. The van der Waals surface area contributed by atoms with Gasteiger partial charge in [0.15, 0.2) is 4.34 Å². The second-order valence-corrected chi connectivity index (χ2v) is 7.42. The SMILES string of the molecule is O=[N+]([O-])c1ccc(Sc2nnc(NC[C@H]3CCCO3)s2)c([N+](=O)[O-])c1. The van der Waals surface area contributed by atoms with E-state index in [4.69, 9.17) is 4.74 Å². The van der Waals surface area contributed by atoms with Crippen LogP contribution in [0.1, 0.15) is 12.8 Å². The normalized spacial score (nSPS) is 16.7. The smallest absolute Gasteiger partial charge is 0.290 e. The van der Waals surface area contributed by atoms with E-state index in [1.807, 2.05) is 0 Å². The Bertz CT molecular complexity index is 793. The van der Waals surface area contributed by atoms with Gasteiger partial charge < -0.3 is 10.1 Å². The molecule has 0 spiro atoms. The van der Waals surface area contributed by atoms with Crippen molar-refractivity contribution in [2.45, 2.75) is 28.2 Å². The van der Waals surface area contributed by atoms with Gasteiger partial charge in [0.2, 0.25) is 5.13 Å². The lowest BCUT2D eigenvalue weighted by Gasteiger charge is -2.08. The largest absolute Gasteiger partial charge is 0.376 e. The van der Waals surface area contributed by atoms with Gasteiger partial charge in [-0.15, -0.1) is 10.2 Å². The van der Waals surface area contributed by atoms with Crippen LogP contribution in [0.4, 0.5) is 16.5 Å². The molecule has 1 aliphatic rings. The number of rotatable bonds is 7. The van der Waals surface area contributed by atoms with Gasteiger partial charge in [-0.05, 0) is 30.7 Å². The van der Waals surface area contributed by atoms with E-state index in [0.29, 0.717) is 16.0 Å². The van der Waals surface area contributed by atoms with Gasteiger partial charge in [-0.1, -0.05) is 11.3 Å². The van der Waals surface area contributed by atoms with Gasteiger partial charge in [0.1, 0.15) is 0 Å². The highest BCUT2D eigenvalue weighted by molar-refractivity contribution is 8.01. The summed E-state index contributed by atoms with van der Waals surface area (Å²) in [4.78, 5) is 20.9. The second-order valence-electron chi connectivity index (χ2n) is 5.16. The average Bonchev–Trinajstić information content (AvgIpc) is 3.24. The number of ether oxygens (including phenoxy) is 1. The fourth-order valence-electron chi connectivity index (χ4n) is 2.27. The second kappa shape index (κ2) is 7.72. The maximum atomic E-state index is 11.2. The van der Waals surface area contributed by atoms with E-state index in [1.54, 1.807) is 0 Å². The summed E-state index contributed by atoms with van der Waals surface area (Å²) in [6, 6.07) is 3.52. The number of non-ortho nitro benzene ring substituents is 1. The van der Waals surface area contributed by atoms with Gasteiger partial charge >= 0.3 is 0 Å². The summed E-state index contributed by atoms with van der Waals surface area (Å²) in [5.41, 5.74) is -0.657. The van der Waals surface area contributed by atoms with Crippen molar-refractivity contribution >= 4 is 39.6 Å². The molecule has 3 rings (SSSR count). The van der Waals surface area contributed by atoms with Crippen LogP contribution < -0.4 is 5.32 Å². The fraction of sp³-hybridized carbons (Fsp3) is 0.385. The molecular formula is C13H13N5O5S2. The molecule has 10 nitrogen and oxygen atoms in total. The molecule has 0 bridgehead atoms. The minimum absolute atomic E-state index is 0.163. The third-order valence-corrected chi connectivity index (χ3v) is 5.46. The van der Waals surface area contributed by atoms with Crippen molar-refractivity contribution in [3.63, 3.8) is 0 Å². The third-order valence-electron chi connectivity index (χ3n) is 3.46. The predicted octanol–water partition coefficient (Wildman–Crippen LogP) is 3.10. The van der Waals surface area contributed by atoms with Gasteiger partial charge in [0, 0.05) is 19.2 Å². The molecule has 2 aromatic rings. The van der Waals surface area contributed by atoms with Crippen LogP contribution in [0, 0.1) is 20.2 Å². The Balaban J connectivity index is 1.69. The Morgan fingerprint density at radius 3 is 2.84 bits per heavy atom. The van der Waals surface area contributed by atoms with Gasteiger partial charge in [0.05, 0.1) is 26.9 Å². The van der Waals surface area contributed by atoms with Crippen LogP contribution >= 0.6 is 23.1 Å². The van der Waals surface area contributed by atoms with Crippen LogP contribution in [0.2, 0.25) is 0 Å². The van der Waals surface area contributed by atoms with Crippen molar-refractivity contribution < 1.29 is 14.6 Å². The van der Waals surface area contributed by atoms with Crippen molar-refractivity contribution in [2.24, 2.45) is 0 Å². The van der Waals surface area contributed by atoms with Crippen molar-refractivity contribution in [3.05, 3.63) is 38.4 Å². The zero-order valence-corrected chi connectivity index (χ0v) is 14.4. The minimum atomic E-state index is -0.667. The highest BCUT2D eigenvalue weighted by Crippen LogP contribution is 2.38. The summed E-state index contributed by atoms with van der Waals surface area (Å²) in [5.74, 6) is 0. The first kappa shape index (κ1) is 17.5. The van der Waals surface area contributed by atoms with Crippen molar-refractivity contribution in [1.29, 1.82) is 0 Å². The molecule has 1 aliphatic heterocycles. The topological polar surface area (TPSA) is 133 Å². The molecule has 1 saturated heterocycles. The molecule has 0 aliphatic carbocycles. The highest BCUT2D eigenvalue weighted by atomic mass is 32.2. The molecule has 0 radical (unpaired) electrons. The molecule has 25 heavy (non-hydrogen) atoms. The van der Waals surface area contributed by atoms with Crippen LogP contribution in [0.25, 0.3) is 0 Å². The van der Waals surface area contributed by atoms with E-state index in [0.717, 1.165) is 37.3 Å². The van der Waals surface area contributed by atoms with Crippen molar-refractivity contribution in [2.75, 3.05) is 18.5 Å². The van der Waals surface area contributed by atoms with E-state index >= 15 is 0 Å². The third kappa shape index (κ3) is 4.41. The van der Waals surface area contributed by atoms with Crippen LogP contribution in [-0.4, -0.2) is 39.3 Å². The molecule has 132 valence electrons. The van der Waals surface area contributed by atoms with Crippen LogP contribution in [0.3, 0.4) is 0 Å². The zero-order valence-electron chi connectivity index (χ0n) is 12.8. The van der Waals surface area contributed by atoms with E-state index < -0.39 is 9.85 Å². The summed E-state index contributed by atoms with van der Waals surface area (Å²) in [7, 11) is 0. The molecule has 1 aromatic carbocycles. The van der Waals surface area contributed by atoms with Gasteiger partial charge in [-0.2, -0.15) is 0 Å². The highest BCUT2D eigenvalue weighted by Gasteiger charge is 2.22. The quantitative estimate of drug-likeness (QED) is 0.565. The molecule has 1 atom stereocenters. The monoisotopic (exact) mass is 383 g/mol. The maximum absolute atomic E-state index is 11.2. The first-order chi connectivity index (χ1) is 12.0. The lowest BCUT2D eigenvalue weighted by molar-refractivity contribution is -0.396. The lowest BCUT2D eigenvalue weighted by Crippen LogP contribution is -2.18. The zero-order chi connectivity index (χ0) is 17.8. The molecule has 12 heteroatoms. The van der Waals surface area contributed by atoms with Crippen LogP contribution in [0.5, 0.6) is 0 Å². The van der Waals surface area contributed by atoms with Gasteiger partial charge in [-0.25, -0.2) is 0 Å². The summed E-state index contributed by atoms with van der Waals surface area (Å²) in [6.07, 6.45) is 2.21. The Morgan fingerprint density at radius 1 is 1.32 bits per heavy atom. The number of benzene rings is 1. The van der Waals surface area contributed by atoms with E-state index in [2.05, 4.69) is 15.5 Å². The van der Waals surface area contributed by atoms with Crippen LogP contribution in [-0.2, 0) is 4.74 Å². The Morgan fingerprint density at radius 2 is 2.16 bits per heavy atom. The standard InChI is InChI=1S/C13H13N5O5S2/c19-17(20)8-3-4-11(10(6-8)18(21)22)24-13-16-15-12(25-13)14-7-9-2-1-5-23-9/h3-4,6,9H,1-2,5,7H2,(H,14,15)/t9-/m1/s1.